The van der Waals surface area contributed by atoms with Crippen LogP contribution in [-0.2, 0) is 16.0 Å². The summed E-state index contributed by atoms with van der Waals surface area (Å²) in [5, 5.41) is 2.70. The highest BCUT2D eigenvalue weighted by Crippen LogP contribution is 2.17. The summed E-state index contributed by atoms with van der Waals surface area (Å²) in [7, 11) is 1.75. The van der Waals surface area contributed by atoms with Gasteiger partial charge >= 0.3 is 0 Å². The first-order chi connectivity index (χ1) is 10.1. The lowest BCUT2D eigenvalue weighted by Crippen LogP contribution is -2.27. The predicted octanol–water partition coefficient (Wildman–Crippen LogP) is 2.85. The fraction of sp³-hybridized carbons (Fsp3) is 0.176. The zero-order valence-corrected chi connectivity index (χ0v) is 12.2. The molecule has 0 saturated heterocycles. The van der Waals surface area contributed by atoms with Gasteiger partial charge in [0.25, 0.3) is 0 Å². The van der Waals surface area contributed by atoms with Gasteiger partial charge in [-0.15, -0.1) is 0 Å². The third-order valence-corrected chi connectivity index (χ3v) is 3.15. The molecule has 1 N–H and O–H groups in total. The van der Waals surface area contributed by atoms with Crippen LogP contribution in [0.15, 0.2) is 54.6 Å². The Morgan fingerprint density at radius 2 is 1.62 bits per heavy atom. The number of benzene rings is 2. The quantitative estimate of drug-likeness (QED) is 0.937. The minimum absolute atomic E-state index is 0.0217. The summed E-state index contributed by atoms with van der Waals surface area (Å²) in [5.41, 5.74) is 2.50. The van der Waals surface area contributed by atoms with Crippen LogP contribution >= 0.6 is 0 Å². The Morgan fingerprint density at radius 3 is 2.19 bits per heavy atom. The van der Waals surface area contributed by atoms with Crippen LogP contribution in [0.2, 0.25) is 0 Å². The van der Waals surface area contributed by atoms with Crippen molar-refractivity contribution in [2.24, 2.45) is 0 Å². The smallest absolute Gasteiger partial charge is 0.231 e. The Hall–Kier alpha value is -2.62. The third-order valence-electron chi connectivity index (χ3n) is 3.15. The van der Waals surface area contributed by atoms with E-state index < -0.39 is 0 Å². The van der Waals surface area contributed by atoms with Crippen LogP contribution in [0.4, 0.5) is 11.4 Å². The number of rotatable bonds is 4. The van der Waals surface area contributed by atoms with E-state index in [1.165, 1.54) is 6.92 Å². The zero-order chi connectivity index (χ0) is 15.2. The van der Waals surface area contributed by atoms with Gasteiger partial charge in [-0.1, -0.05) is 30.3 Å². The Kier molecular flexibility index (Phi) is 4.72. The Morgan fingerprint density at radius 1 is 1.00 bits per heavy atom. The zero-order valence-electron chi connectivity index (χ0n) is 12.2. The molecule has 4 nitrogen and oxygen atoms in total. The van der Waals surface area contributed by atoms with E-state index in [9.17, 15) is 9.59 Å². The van der Waals surface area contributed by atoms with Gasteiger partial charge < -0.3 is 10.2 Å². The van der Waals surface area contributed by atoms with Crippen molar-refractivity contribution in [3.8, 4) is 0 Å². The van der Waals surface area contributed by atoms with Gasteiger partial charge in [-0.2, -0.15) is 0 Å². The molecule has 4 heteroatoms. The Bertz CT molecular complexity index is 621. The first kappa shape index (κ1) is 14.8. The molecule has 0 aliphatic heterocycles. The molecular formula is C17H18N2O2. The number of anilines is 2. The molecule has 0 fully saturated rings. The fourth-order valence-electron chi connectivity index (χ4n) is 2.00. The predicted molar refractivity (Wildman–Crippen MR) is 84.3 cm³/mol. The number of hydrogen-bond donors (Lipinski definition) is 1. The van der Waals surface area contributed by atoms with E-state index in [0.717, 1.165) is 16.9 Å². The fourth-order valence-corrected chi connectivity index (χ4v) is 2.00. The molecule has 0 spiro atoms. The van der Waals surface area contributed by atoms with E-state index in [-0.39, 0.29) is 11.8 Å². The normalized spacial score (nSPS) is 10.0. The number of nitrogens with one attached hydrogen (secondary N) is 1. The minimum atomic E-state index is -0.115. The van der Waals surface area contributed by atoms with E-state index in [0.29, 0.717) is 6.42 Å². The number of carbonyl (C=O) groups excluding carboxylic acids is 2. The third kappa shape index (κ3) is 4.18. The monoisotopic (exact) mass is 282 g/mol. The van der Waals surface area contributed by atoms with Crippen molar-refractivity contribution in [1.29, 1.82) is 0 Å². The average molecular weight is 282 g/mol. The second kappa shape index (κ2) is 6.70. The van der Waals surface area contributed by atoms with Crippen LogP contribution in [-0.4, -0.2) is 18.9 Å². The SMILES string of the molecule is CC(=O)Nc1ccc(N(C)C(=O)Cc2ccccc2)cc1. The second-order valence-corrected chi connectivity index (χ2v) is 4.84. The molecule has 0 radical (unpaired) electrons. The van der Waals surface area contributed by atoms with E-state index >= 15 is 0 Å². The van der Waals surface area contributed by atoms with Crippen molar-refractivity contribution < 1.29 is 9.59 Å². The highest BCUT2D eigenvalue weighted by Gasteiger charge is 2.11. The van der Waals surface area contributed by atoms with Crippen LogP contribution in [0.25, 0.3) is 0 Å². The molecule has 0 bridgehead atoms. The maximum Gasteiger partial charge on any atom is 0.231 e. The molecule has 0 atom stereocenters. The van der Waals surface area contributed by atoms with Gasteiger partial charge in [0.05, 0.1) is 6.42 Å². The number of nitrogens with zero attached hydrogens (tertiary/aromatic N) is 1. The first-order valence-corrected chi connectivity index (χ1v) is 6.74. The first-order valence-electron chi connectivity index (χ1n) is 6.74. The highest BCUT2D eigenvalue weighted by molar-refractivity contribution is 5.95. The maximum absolute atomic E-state index is 12.2. The van der Waals surface area contributed by atoms with Crippen LogP contribution in [0, 0.1) is 0 Å². The molecule has 0 aliphatic rings. The van der Waals surface area contributed by atoms with Gasteiger partial charge in [-0.25, -0.2) is 0 Å². The van der Waals surface area contributed by atoms with Crippen LogP contribution in [0.5, 0.6) is 0 Å². The molecule has 2 aromatic rings. The standard InChI is InChI=1S/C17H18N2O2/c1-13(20)18-15-8-10-16(11-9-15)19(2)17(21)12-14-6-4-3-5-7-14/h3-11H,12H2,1-2H3,(H,18,20). The number of hydrogen-bond acceptors (Lipinski definition) is 2. The van der Waals surface area contributed by atoms with Crippen molar-refractivity contribution >= 4 is 23.2 Å². The van der Waals surface area contributed by atoms with Crippen molar-refractivity contribution in [2.45, 2.75) is 13.3 Å². The summed E-state index contributed by atoms with van der Waals surface area (Å²) in [6.07, 6.45) is 0.366. The second-order valence-electron chi connectivity index (χ2n) is 4.84. The van der Waals surface area contributed by atoms with Crippen molar-refractivity contribution in [3.05, 3.63) is 60.2 Å². The molecule has 2 aromatic carbocycles. The van der Waals surface area contributed by atoms with Crippen molar-refractivity contribution in [3.63, 3.8) is 0 Å². The van der Waals surface area contributed by atoms with Gasteiger partial charge in [0.15, 0.2) is 0 Å². The molecular weight excluding hydrogens is 264 g/mol. The summed E-state index contributed by atoms with van der Waals surface area (Å²) in [6, 6.07) is 16.8. The molecule has 2 amide bonds. The summed E-state index contributed by atoms with van der Waals surface area (Å²) >= 11 is 0. The molecule has 0 unspecified atom stereocenters. The van der Waals surface area contributed by atoms with E-state index in [4.69, 9.17) is 0 Å². The summed E-state index contributed by atoms with van der Waals surface area (Å²) in [5.74, 6) is -0.0928. The molecule has 0 heterocycles. The topological polar surface area (TPSA) is 49.4 Å². The molecule has 21 heavy (non-hydrogen) atoms. The van der Waals surface area contributed by atoms with Gasteiger partial charge in [0.1, 0.15) is 0 Å². The van der Waals surface area contributed by atoms with Gasteiger partial charge in [-0.05, 0) is 29.8 Å². The molecule has 108 valence electrons. The number of carbonyl (C=O) groups is 2. The maximum atomic E-state index is 12.2. The van der Waals surface area contributed by atoms with Gasteiger partial charge in [0, 0.05) is 25.3 Å². The van der Waals surface area contributed by atoms with Crippen molar-refractivity contribution in [1.82, 2.24) is 0 Å². The number of likely N-dealkylation sites (N-methyl/N-ethyl adjacent to an activating group) is 1. The van der Waals surface area contributed by atoms with Crippen LogP contribution in [0.3, 0.4) is 0 Å². The van der Waals surface area contributed by atoms with E-state index in [2.05, 4.69) is 5.32 Å². The van der Waals surface area contributed by atoms with Gasteiger partial charge in [0.2, 0.25) is 11.8 Å². The summed E-state index contributed by atoms with van der Waals surface area (Å²) < 4.78 is 0. The Balaban J connectivity index is 2.03. The van der Waals surface area contributed by atoms with Gasteiger partial charge in [-0.3, -0.25) is 9.59 Å². The lowest BCUT2D eigenvalue weighted by atomic mass is 10.1. The lowest BCUT2D eigenvalue weighted by Gasteiger charge is -2.18. The highest BCUT2D eigenvalue weighted by atomic mass is 16.2. The van der Waals surface area contributed by atoms with Crippen molar-refractivity contribution in [2.75, 3.05) is 17.3 Å². The molecule has 2 rings (SSSR count). The van der Waals surface area contributed by atoms with E-state index in [1.54, 1.807) is 24.1 Å². The molecule has 0 aromatic heterocycles. The summed E-state index contributed by atoms with van der Waals surface area (Å²) in [4.78, 5) is 24.8. The largest absolute Gasteiger partial charge is 0.326 e. The minimum Gasteiger partial charge on any atom is -0.326 e. The lowest BCUT2D eigenvalue weighted by molar-refractivity contribution is -0.117. The van der Waals surface area contributed by atoms with Crippen LogP contribution < -0.4 is 10.2 Å². The molecule has 0 saturated carbocycles. The van der Waals surface area contributed by atoms with E-state index in [1.807, 2.05) is 42.5 Å². The van der Waals surface area contributed by atoms with Crippen LogP contribution in [0.1, 0.15) is 12.5 Å². The molecule has 0 aliphatic carbocycles. The summed E-state index contributed by atoms with van der Waals surface area (Å²) in [6.45, 7) is 1.46. The Labute approximate surface area is 124 Å². The average Bonchev–Trinajstić information content (AvgIpc) is 2.47. The number of amides is 2.